The second kappa shape index (κ2) is 6.06. The molecule has 0 amide bonds. The second-order valence-corrected chi connectivity index (χ2v) is 6.97. The van der Waals surface area contributed by atoms with Crippen LogP contribution in [0.1, 0.15) is 46.0 Å². The van der Waals surface area contributed by atoms with E-state index in [4.69, 9.17) is 24.2 Å². The maximum Gasteiger partial charge on any atom is 0.163 e. The Bertz CT molecular complexity index is 448. The van der Waals surface area contributed by atoms with Gasteiger partial charge in [-0.05, 0) is 33.1 Å². The molecule has 3 saturated heterocycles. The first-order valence-electron chi connectivity index (χ1n) is 8.11. The van der Waals surface area contributed by atoms with Crippen LogP contribution in [0.4, 0.5) is 0 Å². The Morgan fingerprint density at radius 2 is 2.05 bits per heavy atom. The lowest BCUT2D eigenvalue weighted by atomic mass is 9.86. The van der Waals surface area contributed by atoms with E-state index in [0.717, 1.165) is 12.8 Å². The molecular weight excluding hydrogens is 286 g/mol. The molecule has 0 radical (unpaired) electrons. The topological polar surface area (TPSA) is 80.9 Å². The predicted octanol–water partition coefficient (Wildman–Crippen LogP) is 1.51. The van der Waals surface area contributed by atoms with Crippen molar-refractivity contribution in [1.82, 2.24) is 0 Å². The highest BCUT2D eigenvalue weighted by Gasteiger charge is 2.55. The van der Waals surface area contributed by atoms with Gasteiger partial charge in [-0.3, -0.25) is 0 Å². The van der Waals surface area contributed by atoms with Crippen LogP contribution in [0, 0.1) is 11.3 Å². The van der Waals surface area contributed by atoms with Crippen molar-refractivity contribution in [2.75, 3.05) is 13.2 Å². The minimum atomic E-state index is -0.654. The van der Waals surface area contributed by atoms with Crippen molar-refractivity contribution in [2.24, 2.45) is 0 Å². The Hall–Kier alpha value is -0.710. The van der Waals surface area contributed by atoms with Crippen molar-refractivity contribution in [3.63, 3.8) is 0 Å². The molecule has 124 valence electrons. The van der Waals surface area contributed by atoms with Crippen LogP contribution >= 0.6 is 0 Å². The van der Waals surface area contributed by atoms with E-state index >= 15 is 0 Å². The Balaban J connectivity index is 1.66. The van der Waals surface area contributed by atoms with Crippen LogP contribution < -0.4 is 0 Å². The van der Waals surface area contributed by atoms with Gasteiger partial charge in [0.1, 0.15) is 11.7 Å². The van der Waals surface area contributed by atoms with Crippen molar-refractivity contribution < 1.29 is 24.1 Å². The zero-order chi connectivity index (χ0) is 15.8. The molecule has 0 aromatic heterocycles. The molecule has 3 fully saturated rings. The molecule has 3 rings (SSSR count). The van der Waals surface area contributed by atoms with Gasteiger partial charge in [-0.25, -0.2) is 0 Å². The predicted molar refractivity (Wildman–Crippen MR) is 77.0 cm³/mol. The summed E-state index contributed by atoms with van der Waals surface area (Å²) in [4.78, 5) is 0. The van der Waals surface area contributed by atoms with Crippen LogP contribution in [-0.2, 0) is 18.9 Å². The van der Waals surface area contributed by atoms with Gasteiger partial charge in [0, 0.05) is 12.8 Å². The van der Waals surface area contributed by atoms with Gasteiger partial charge in [0.25, 0.3) is 0 Å². The van der Waals surface area contributed by atoms with Gasteiger partial charge in [-0.15, -0.1) is 0 Å². The van der Waals surface area contributed by atoms with Crippen molar-refractivity contribution in [1.29, 1.82) is 5.26 Å². The normalized spacial score (nSPS) is 43.7. The quantitative estimate of drug-likeness (QED) is 0.847. The lowest BCUT2D eigenvalue weighted by molar-refractivity contribution is -0.187. The first kappa shape index (κ1) is 16.2. The zero-order valence-corrected chi connectivity index (χ0v) is 13.3. The summed E-state index contributed by atoms with van der Waals surface area (Å²) in [5, 5.41) is 18.6. The summed E-state index contributed by atoms with van der Waals surface area (Å²) in [6.07, 6.45) is 3.22. The Kier molecular flexibility index (Phi) is 4.45. The number of nitriles is 1. The molecule has 3 aliphatic rings. The third-order valence-electron chi connectivity index (χ3n) is 4.92. The summed E-state index contributed by atoms with van der Waals surface area (Å²) >= 11 is 0. The highest BCUT2D eigenvalue weighted by Crippen LogP contribution is 2.44. The van der Waals surface area contributed by atoms with Crippen LogP contribution in [0.2, 0.25) is 0 Å². The Morgan fingerprint density at radius 1 is 1.23 bits per heavy atom. The number of hydrogen-bond donors (Lipinski definition) is 1. The molecule has 1 unspecified atom stereocenters. The first-order chi connectivity index (χ1) is 10.5. The highest BCUT2D eigenvalue weighted by atomic mass is 16.8. The van der Waals surface area contributed by atoms with Crippen molar-refractivity contribution in [3.05, 3.63) is 0 Å². The maximum atomic E-state index is 9.92. The highest BCUT2D eigenvalue weighted by molar-refractivity contribution is 5.03. The number of rotatable bonds is 4. The number of aliphatic hydroxyl groups is 1. The van der Waals surface area contributed by atoms with E-state index in [-0.39, 0.29) is 31.0 Å². The fraction of sp³-hybridized carbons (Fsp3) is 0.938. The SMILES string of the molecule is CC1(C)OCC([C@H]2C[C@]3(CO)O[C@@H](CCC#N)CC[C@@H]3O2)O1. The average molecular weight is 311 g/mol. The maximum absolute atomic E-state index is 9.92. The van der Waals surface area contributed by atoms with Gasteiger partial charge in [-0.1, -0.05) is 0 Å². The number of nitrogens with zero attached hydrogens (tertiary/aromatic N) is 1. The van der Waals surface area contributed by atoms with Crippen molar-refractivity contribution >= 4 is 0 Å². The van der Waals surface area contributed by atoms with Gasteiger partial charge in [0.05, 0.1) is 37.6 Å². The van der Waals surface area contributed by atoms with Crippen molar-refractivity contribution in [2.45, 2.75) is 81.8 Å². The number of aliphatic hydroxyl groups excluding tert-OH is 1. The number of ether oxygens (including phenoxy) is 4. The summed E-state index contributed by atoms with van der Waals surface area (Å²) in [5.74, 6) is -0.579. The summed E-state index contributed by atoms with van der Waals surface area (Å²) in [6.45, 7) is 4.23. The van der Waals surface area contributed by atoms with Gasteiger partial charge < -0.3 is 24.1 Å². The zero-order valence-electron chi connectivity index (χ0n) is 13.3. The minimum absolute atomic E-state index is 0.0302. The van der Waals surface area contributed by atoms with E-state index in [2.05, 4.69) is 6.07 Å². The average Bonchev–Trinajstić information content (AvgIpc) is 3.05. The van der Waals surface area contributed by atoms with Crippen LogP contribution in [0.25, 0.3) is 0 Å². The lowest BCUT2D eigenvalue weighted by Gasteiger charge is -2.40. The summed E-state index contributed by atoms with van der Waals surface area (Å²) < 4.78 is 23.8. The molecule has 0 bridgehead atoms. The third-order valence-corrected chi connectivity index (χ3v) is 4.92. The van der Waals surface area contributed by atoms with Gasteiger partial charge in [-0.2, -0.15) is 5.26 Å². The Morgan fingerprint density at radius 3 is 2.68 bits per heavy atom. The smallest absolute Gasteiger partial charge is 0.163 e. The van der Waals surface area contributed by atoms with Crippen LogP contribution in [0.5, 0.6) is 0 Å². The molecule has 0 spiro atoms. The van der Waals surface area contributed by atoms with E-state index in [9.17, 15) is 5.11 Å². The lowest BCUT2D eigenvalue weighted by Crippen LogP contribution is -2.51. The molecule has 0 aliphatic carbocycles. The summed E-state index contributed by atoms with van der Waals surface area (Å²) in [6, 6.07) is 2.16. The molecule has 3 heterocycles. The second-order valence-electron chi connectivity index (χ2n) is 6.97. The molecule has 0 aromatic carbocycles. The molecule has 6 heteroatoms. The molecule has 0 aromatic rings. The number of hydrogen-bond acceptors (Lipinski definition) is 6. The first-order valence-corrected chi connectivity index (χ1v) is 8.11. The third kappa shape index (κ3) is 3.01. The van der Waals surface area contributed by atoms with E-state index in [1.165, 1.54) is 0 Å². The largest absolute Gasteiger partial charge is 0.393 e. The fourth-order valence-corrected chi connectivity index (χ4v) is 3.79. The minimum Gasteiger partial charge on any atom is -0.393 e. The van der Waals surface area contributed by atoms with Crippen LogP contribution in [0.15, 0.2) is 0 Å². The molecule has 6 nitrogen and oxygen atoms in total. The van der Waals surface area contributed by atoms with Crippen LogP contribution in [-0.4, -0.2) is 54.1 Å². The van der Waals surface area contributed by atoms with Gasteiger partial charge in [0.2, 0.25) is 0 Å². The molecular formula is C16H25NO5. The van der Waals surface area contributed by atoms with E-state index in [1.807, 2.05) is 13.8 Å². The van der Waals surface area contributed by atoms with Crippen LogP contribution in [0.3, 0.4) is 0 Å². The standard InChI is InChI=1S/C16H25NO5/c1-15(2)19-9-13(22-15)12-8-16(10-18)14(20-12)6-5-11(21-16)4-3-7-17/h11-14,18H,3-6,8-10H2,1-2H3/t11-,12+,13?,14-,16+/m0/s1. The monoisotopic (exact) mass is 311 g/mol. The number of fused-ring (bicyclic) bond motifs is 1. The molecule has 0 saturated carbocycles. The van der Waals surface area contributed by atoms with Gasteiger partial charge in [0.15, 0.2) is 5.79 Å². The molecule has 3 aliphatic heterocycles. The van der Waals surface area contributed by atoms with E-state index in [1.54, 1.807) is 0 Å². The van der Waals surface area contributed by atoms with Crippen molar-refractivity contribution in [3.8, 4) is 6.07 Å². The molecule has 22 heavy (non-hydrogen) atoms. The van der Waals surface area contributed by atoms with Gasteiger partial charge >= 0.3 is 0 Å². The van der Waals surface area contributed by atoms with E-state index < -0.39 is 11.4 Å². The van der Waals surface area contributed by atoms with E-state index in [0.29, 0.717) is 25.9 Å². The molecule has 5 atom stereocenters. The fourth-order valence-electron chi connectivity index (χ4n) is 3.79. The summed E-state index contributed by atoms with van der Waals surface area (Å²) in [7, 11) is 0. The Labute approximate surface area is 131 Å². The summed E-state index contributed by atoms with van der Waals surface area (Å²) in [5.41, 5.74) is -0.654. The molecule has 1 N–H and O–H groups in total.